The molecular weight excluding hydrogens is 432 g/mol. The first-order chi connectivity index (χ1) is 13.0. The predicted octanol–water partition coefficient (Wildman–Crippen LogP) is 4.19. The summed E-state index contributed by atoms with van der Waals surface area (Å²) < 4.78 is 6.31. The Morgan fingerprint density at radius 2 is 1.89 bits per heavy atom. The molecule has 3 rings (SSSR count). The van der Waals surface area contributed by atoms with Crippen molar-refractivity contribution in [1.82, 2.24) is 5.32 Å². The van der Waals surface area contributed by atoms with Crippen LogP contribution in [0.2, 0.25) is 0 Å². The van der Waals surface area contributed by atoms with E-state index in [9.17, 15) is 9.59 Å². The van der Waals surface area contributed by atoms with Crippen LogP contribution in [0.25, 0.3) is 6.08 Å². The Morgan fingerprint density at radius 3 is 2.56 bits per heavy atom. The number of aliphatic imine (C=N–C) groups is 1. The number of carbonyl (C=O) groups excluding carboxylic acids is 1. The average Bonchev–Trinajstić information content (AvgIpc) is 2.97. The molecule has 0 atom stereocenters. The second kappa shape index (κ2) is 8.88. The van der Waals surface area contributed by atoms with Crippen molar-refractivity contribution in [2.75, 3.05) is 6.61 Å². The lowest BCUT2D eigenvalue weighted by atomic mass is 10.2. The monoisotopic (exact) mass is 446 g/mol. The van der Waals surface area contributed by atoms with Gasteiger partial charge in [-0.05, 0) is 59.8 Å². The normalized spacial score (nSPS) is 16.6. The number of amides is 1. The highest BCUT2D eigenvalue weighted by atomic mass is 79.9. The maximum atomic E-state index is 12.1. The summed E-state index contributed by atoms with van der Waals surface area (Å²) in [5.74, 6) is -0.515. The third-order valence-corrected chi connectivity index (χ3v) is 4.91. The van der Waals surface area contributed by atoms with Crippen LogP contribution in [-0.2, 0) is 9.59 Å². The van der Waals surface area contributed by atoms with E-state index in [4.69, 9.17) is 9.84 Å². The Balaban J connectivity index is 1.65. The van der Waals surface area contributed by atoms with Gasteiger partial charge in [-0.2, -0.15) is 0 Å². The van der Waals surface area contributed by atoms with Gasteiger partial charge in [-0.1, -0.05) is 28.1 Å². The first-order valence-electron chi connectivity index (χ1n) is 7.99. The maximum absolute atomic E-state index is 12.1. The van der Waals surface area contributed by atoms with E-state index in [0.29, 0.717) is 15.8 Å². The Morgan fingerprint density at radius 1 is 1.19 bits per heavy atom. The van der Waals surface area contributed by atoms with E-state index < -0.39 is 5.97 Å². The van der Waals surface area contributed by atoms with Crippen molar-refractivity contribution >= 4 is 56.5 Å². The Hall–Kier alpha value is -2.58. The van der Waals surface area contributed by atoms with E-state index in [1.54, 1.807) is 30.3 Å². The molecular formula is C19H15BrN2O4S. The number of carboxylic acid groups (broad SMARTS) is 1. The van der Waals surface area contributed by atoms with Crippen molar-refractivity contribution in [2.45, 2.75) is 6.42 Å². The second-order valence-electron chi connectivity index (χ2n) is 5.52. The van der Waals surface area contributed by atoms with Gasteiger partial charge in [-0.3, -0.25) is 9.59 Å². The van der Waals surface area contributed by atoms with Crippen molar-refractivity contribution in [3.05, 3.63) is 63.5 Å². The van der Waals surface area contributed by atoms with Gasteiger partial charge in [-0.15, -0.1) is 0 Å². The fourth-order valence-electron chi connectivity index (χ4n) is 2.18. The highest BCUT2D eigenvalue weighted by Gasteiger charge is 2.23. The van der Waals surface area contributed by atoms with Crippen molar-refractivity contribution in [1.29, 1.82) is 0 Å². The first kappa shape index (κ1) is 19.2. The molecule has 138 valence electrons. The van der Waals surface area contributed by atoms with Crippen LogP contribution in [0.3, 0.4) is 0 Å². The molecule has 0 bridgehead atoms. The minimum Gasteiger partial charge on any atom is -0.493 e. The van der Waals surface area contributed by atoms with E-state index in [0.717, 1.165) is 15.7 Å². The SMILES string of the molecule is O=C(O)CCOc1ccc(/C=C2/SC(=Nc3ccc(Br)cc3)NC2=O)cc1. The number of nitrogens with one attached hydrogen (secondary N) is 1. The molecule has 0 radical (unpaired) electrons. The zero-order valence-electron chi connectivity index (χ0n) is 14.0. The number of nitrogens with zero attached hydrogens (tertiary/aromatic N) is 1. The van der Waals surface area contributed by atoms with Gasteiger partial charge in [0.25, 0.3) is 5.91 Å². The standard InChI is InChI=1S/C19H15BrN2O4S/c20-13-3-5-14(6-4-13)21-19-22-18(25)16(27-19)11-12-1-7-15(8-2-12)26-10-9-17(23)24/h1-8,11H,9-10H2,(H,23,24)(H,21,22,25)/b16-11+. The molecule has 1 heterocycles. The zero-order chi connectivity index (χ0) is 19.2. The third kappa shape index (κ3) is 5.70. The quantitative estimate of drug-likeness (QED) is 0.649. The van der Waals surface area contributed by atoms with Gasteiger partial charge in [0.2, 0.25) is 0 Å². The van der Waals surface area contributed by atoms with Crippen molar-refractivity contribution in [2.24, 2.45) is 4.99 Å². The number of halogens is 1. The second-order valence-corrected chi connectivity index (χ2v) is 7.47. The van der Waals surface area contributed by atoms with Crippen molar-refractivity contribution in [3.8, 4) is 5.75 Å². The highest BCUT2D eigenvalue weighted by molar-refractivity contribution is 9.10. The van der Waals surface area contributed by atoms with Crippen LogP contribution in [0.1, 0.15) is 12.0 Å². The van der Waals surface area contributed by atoms with E-state index >= 15 is 0 Å². The van der Waals surface area contributed by atoms with Gasteiger partial charge in [0.1, 0.15) is 5.75 Å². The Kier molecular flexibility index (Phi) is 6.31. The molecule has 2 aromatic carbocycles. The molecule has 1 aliphatic rings. The summed E-state index contributed by atoms with van der Waals surface area (Å²) in [6, 6.07) is 14.6. The van der Waals surface area contributed by atoms with Crippen LogP contribution in [0.5, 0.6) is 5.75 Å². The number of carboxylic acids is 1. The van der Waals surface area contributed by atoms with Crippen LogP contribution in [0.15, 0.2) is 62.9 Å². The molecule has 2 aromatic rings. The molecule has 1 aliphatic heterocycles. The fourth-order valence-corrected chi connectivity index (χ4v) is 3.29. The van der Waals surface area contributed by atoms with E-state index in [1.165, 1.54) is 11.8 Å². The number of benzene rings is 2. The summed E-state index contributed by atoms with van der Waals surface area (Å²) >= 11 is 4.65. The summed E-state index contributed by atoms with van der Waals surface area (Å²) in [5, 5.41) is 11.9. The van der Waals surface area contributed by atoms with Gasteiger partial charge in [0.15, 0.2) is 5.17 Å². The molecule has 2 N–H and O–H groups in total. The summed E-state index contributed by atoms with van der Waals surface area (Å²) in [4.78, 5) is 27.6. The fraction of sp³-hybridized carbons (Fsp3) is 0.105. The van der Waals surface area contributed by atoms with Gasteiger partial charge in [0, 0.05) is 4.47 Å². The largest absolute Gasteiger partial charge is 0.493 e. The summed E-state index contributed by atoms with van der Waals surface area (Å²) in [6.45, 7) is 0.115. The minimum absolute atomic E-state index is 0.0525. The predicted molar refractivity (Wildman–Crippen MR) is 109 cm³/mol. The van der Waals surface area contributed by atoms with Gasteiger partial charge in [0.05, 0.1) is 23.6 Å². The molecule has 1 saturated heterocycles. The molecule has 0 aliphatic carbocycles. The van der Waals surface area contributed by atoms with Gasteiger partial charge < -0.3 is 15.2 Å². The molecule has 1 fully saturated rings. The molecule has 6 nitrogen and oxygen atoms in total. The molecule has 0 unspecified atom stereocenters. The van der Waals surface area contributed by atoms with Crippen molar-refractivity contribution < 1.29 is 19.4 Å². The van der Waals surface area contributed by atoms with Crippen LogP contribution in [-0.4, -0.2) is 28.8 Å². The zero-order valence-corrected chi connectivity index (χ0v) is 16.4. The van der Waals surface area contributed by atoms with E-state index in [1.807, 2.05) is 24.3 Å². The molecule has 8 heteroatoms. The number of thioether (sulfide) groups is 1. The number of hydrogen-bond acceptors (Lipinski definition) is 5. The maximum Gasteiger partial charge on any atom is 0.306 e. The van der Waals surface area contributed by atoms with E-state index in [-0.39, 0.29) is 18.9 Å². The number of aliphatic carboxylic acids is 1. The number of rotatable bonds is 6. The molecule has 1 amide bonds. The topological polar surface area (TPSA) is 88.0 Å². The first-order valence-corrected chi connectivity index (χ1v) is 9.60. The van der Waals surface area contributed by atoms with E-state index in [2.05, 4.69) is 26.2 Å². The van der Waals surface area contributed by atoms with Gasteiger partial charge in [-0.25, -0.2) is 4.99 Å². The van der Waals surface area contributed by atoms with Gasteiger partial charge >= 0.3 is 5.97 Å². The number of hydrogen-bond donors (Lipinski definition) is 2. The summed E-state index contributed by atoms with van der Waals surface area (Å²) in [5.41, 5.74) is 1.59. The van der Waals surface area contributed by atoms with Crippen LogP contribution in [0, 0.1) is 0 Å². The lowest BCUT2D eigenvalue weighted by Crippen LogP contribution is -2.19. The minimum atomic E-state index is -0.902. The van der Waals surface area contributed by atoms with Crippen LogP contribution < -0.4 is 10.1 Å². The molecule has 27 heavy (non-hydrogen) atoms. The molecule has 0 saturated carbocycles. The van der Waals surface area contributed by atoms with Crippen molar-refractivity contribution in [3.63, 3.8) is 0 Å². The Bertz CT molecular complexity index is 908. The smallest absolute Gasteiger partial charge is 0.306 e. The average molecular weight is 447 g/mol. The highest BCUT2D eigenvalue weighted by Crippen LogP contribution is 2.28. The summed E-state index contributed by atoms with van der Waals surface area (Å²) in [7, 11) is 0. The lowest BCUT2D eigenvalue weighted by molar-refractivity contribution is -0.137. The number of amidine groups is 1. The molecule has 0 spiro atoms. The number of ether oxygens (including phenoxy) is 1. The Labute approximate surface area is 168 Å². The lowest BCUT2D eigenvalue weighted by Gasteiger charge is -2.04. The van der Waals surface area contributed by atoms with Crippen LogP contribution >= 0.6 is 27.7 Å². The number of carbonyl (C=O) groups is 2. The third-order valence-electron chi connectivity index (χ3n) is 3.47. The summed E-state index contributed by atoms with van der Waals surface area (Å²) in [6.07, 6.45) is 1.72. The molecule has 0 aromatic heterocycles. The van der Waals surface area contributed by atoms with Crippen LogP contribution in [0.4, 0.5) is 5.69 Å².